The molecule has 1 aliphatic heterocycles. The maximum absolute atomic E-state index is 12.8. The van der Waals surface area contributed by atoms with E-state index in [0.717, 1.165) is 14.9 Å². The van der Waals surface area contributed by atoms with Crippen LogP contribution in [0.15, 0.2) is 94.1 Å². The van der Waals surface area contributed by atoms with Gasteiger partial charge in [-0.2, -0.15) is 0 Å². The molecule has 0 atom stereocenters. The molecule has 3 aromatic carbocycles. The molecular weight excluding hydrogens is 494 g/mol. The summed E-state index contributed by atoms with van der Waals surface area (Å²) in [5.41, 5.74) is 2.26. The highest BCUT2D eigenvalue weighted by Crippen LogP contribution is 2.28. The maximum Gasteiger partial charge on any atom is 0.279 e. The minimum absolute atomic E-state index is 0.0176. The molecule has 0 fully saturated rings. The van der Waals surface area contributed by atoms with Crippen molar-refractivity contribution in [1.29, 1.82) is 0 Å². The van der Waals surface area contributed by atoms with E-state index in [-0.39, 0.29) is 23.2 Å². The van der Waals surface area contributed by atoms with Crippen molar-refractivity contribution < 1.29 is 14.4 Å². The Hall–Kier alpha value is -3.42. The second kappa shape index (κ2) is 9.38. The van der Waals surface area contributed by atoms with Crippen LogP contribution < -0.4 is 10.6 Å². The van der Waals surface area contributed by atoms with Gasteiger partial charge in [-0.15, -0.1) is 0 Å². The number of carbonyl (C=O) groups excluding carboxylic acids is 3. The van der Waals surface area contributed by atoms with Gasteiger partial charge in [0.15, 0.2) is 0 Å². The summed E-state index contributed by atoms with van der Waals surface area (Å²) in [6, 6.07) is 23.0. The Balaban J connectivity index is 1.50. The summed E-state index contributed by atoms with van der Waals surface area (Å²) in [4.78, 5) is 39.1. The molecule has 4 rings (SSSR count). The molecule has 0 saturated carbocycles. The number of hydrogen-bond acceptors (Lipinski definition) is 4. The smallest absolute Gasteiger partial charge is 0.279 e. The molecular formula is C24H17BrClN3O3. The lowest BCUT2D eigenvalue weighted by Gasteiger charge is -2.15. The highest BCUT2D eigenvalue weighted by atomic mass is 79.9. The summed E-state index contributed by atoms with van der Waals surface area (Å²) in [6.45, 7) is 0.119. The number of amides is 3. The van der Waals surface area contributed by atoms with Crippen molar-refractivity contribution in [3.63, 3.8) is 0 Å². The van der Waals surface area contributed by atoms with Gasteiger partial charge in [-0.3, -0.25) is 19.3 Å². The van der Waals surface area contributed by atoms with Crippen LogP contribution in [-0.4, -0.2) is 22.6 Å². The SMILES string of the molecule is O=C(Nc1ccccc1Br)c1cccc(NC2=C(Cl)C(=O)N(Cc3ccccc3)C2=O)c1. The van der Waals surface area contributed by atoms with Crippen molar-refractivity contribution in [2.45, 2.75) is 6.54 Å². The molecule has 0 bridgehead atoms. The number of nitrogens with one attached hydrogen (secondary N) is 2. The standard InChI is InChI=1S/C24H17BrClN3O3/c25-18-11-4-5-12-19(18)28-22(30)16-9-6-10-17(13-16)27-21-20(26)23(31)29(24(21)32)14-15-7-2-1-3-8-15/h1-13,27H,14H2,(H,28,30). The summed E-state index contributed by atoms with van der Waals surface area (Å²) >= 11 is 9.58. The van der Waals surface area contributed by atoms with Crippen LogP contribution in [0.1, 0.15) is 15.9 Å². The molecule has 1 heterocycles. The number of nitrogens with zero attached hydrogens (tertiary/aromatic N) is 1. The van der Waals surface area contributed by atoms with Crippen molar-refractivity contribution in [1.82, 2.24) is 4.90 Å². The highest BCUT2D eigenvalue weighted by molar-refractivity contribution is 9.10. The fourth-order valence-electron chi connectivity index (χ4n) is 3.20. The first-order valence-electron chi connectivity index (χ1n) is 9.67. The zero-order valence-corrected chi connectivity index (χ0v) is 19.0. The lowest BCUT2D eigenvalue weighted by atomic mass is 10.1. The molecule has 3 aromatic rings. The number of rotatable bonds is 6. The molecule has 0 aliphatic carbocycles. The first kappa shape index (κ1) is 21.8. The number of benzene rings is 3. The van der Waals surface area contributed by atoms with Crippen LogP contribution in [0.2, 0.25) is 0 Å². The predicted octanol–water partition coefficient (Wildman–Crippen LogP) is 5.13. The van der Waals surface area contributed by atoms with Crippen LogP contribution in [0, 0.1) is 0 Å². The van der Waals surface area contributed by atoms with Crippen molar-refractivity contribution in [3.8, 4) is 0 Å². The van der Waals surface area contributed by atoms with Gasteiger partial charge in [-0.25, -0.2) is 0 Å². The fourth-order valence-corrected chi connectivity index (χ4v) is 3.82. The molecule has 0 saturated heterocycles. The van der Waals surface area contributed by atoms with E-state index in [2.05, 4.69) is 26.6 Å². The average Bonchev–Trinajstić information content (AvgIpc) is 3.00. The van der Waals surface area contributed by atoms with Crippen molar-refractivity contribution in [3.05, 3.63) is 105 Å². The Labute approximate surface area is 198 Å². The van der Waals surface area contributed by atoms with Gasteiger partial charge in [0.1, 0.15) is 10.7 Å². The van der Waals surface area contributed by atoms with Gasteiger partial charge >= 0.3 is 0 Å². The third kappa shape index (κ3) is 4.59. The second-order valence-corrected chi connectivity index (χ2v) is 8.24. The van der Waals surface area contributed by atoms with E-state index >= 15 is 0 Å². The number of hydrogen-bond donors (Lipinski definition) is 2. The van der Waals surface area contributed by atoms with Gasteiger partial charge in [0.2, 0.25) is 0 Å². The highest BCUT2D eigenvalue weighted by Gasteiger charge is 2.37. The van der Waals surface area contributed by atoms with E-state index in [1.165, 1.54) is 0 Å². The summed E-state index contributed by atoms with van der Waals surface area (Å²) in [5.74, 6) is -1.40. The Morgan fingerprint density at radius 2 is 1.62 bits per heavy atom. The van der Waals surface area contributed by atoms with Crippen molar-refractivity contribution in [2.24, 2.45) is 0 Å². The van der Waals surface area contributed by atoms with Gasteiger partial charge < -0.3 is 10.6 Å². The van der Waals surface area contributed by atoms with E-state index in [4.69, 9.17) is 11.6 Å². The summed E-state index contributed by atoms with van der Waals surface area (Å²) in [6.07, 6.45) is 0. The molecule has 1 aliphatic rings. The van der Waals surface area contributed by atoms with Crippen LogP contribution in [0.4, 0.5) is 11.4 Å². The first-order chi connectivity index (χ1) is 15.4. The lowest BCUT2D eigenvalue weighted by molar-refractivity contribution is -0.138. The molecule has 8 heteroatoms. The monoisotopic (exact) mass is 509 g/mol. The second-order valence-electron chi connectivity index (χ2n) is 7.01. The summed E-state index contributed by atoms with van der Waals surface area (Å²) in [5, 5.41) is 5.54. The third-order valence-electron chi connectivity index (χ3n) is 4.81. The van der Waals surface area contributed by atoms with Crippen LogP contribution in [0.3, 0.4) is 0 Å². The molecule has 0 radical (unpaired) electrons. The molecule has 0 spiro atoms. The van der Waals surface area contributed by atoms with E-state index in [1.807, 2.05) is 48.5 Å². The van der Waals surface area contributed by atoms with Crippen molar-refractivity contribution in [2.75, 3.05) is 10.6 Å². The Kier molecular flexibility index (Phi) is 6.39. The van der Waals surface area contributed by atoms with Gasteiger partial charge in [0.05, 0.1) is 12.2 Å². The summed E-state index contributed by atoms with van der Waals surface area (Å²) < 4.78 is 0.758. The summed E-state index contributed by atoms with van der Waals surface area (Å²) in [7, 11) is 0. The molecule has 3 amide bonds. The zero-order valence-electron chi connectivity index (χ0n) is 16.6. The molecule has 160 valence electrons. The van der Waals surface area contributed by atoms with Crippen LogP contribution in [0.25, 0.3) is 0 Å². The Bertz CT molecular complexity index is 1240. The largest absolute Gasteiger partial charge is 0.350 e. The third-order valence-corrected chi connectivity index (χ3v) is 5.85. The fraction of sp³-hybridized carbons (Fsp3) is 0.0417. The number of halogens is 2. The number of imide groups is 1. The normalized spacial score (nSPS) is 13.5. The number of para-hydroxylation sites is 1. The van der Waals surface area contributed by atoms with Gasteiger partial charge in [0, 0.05) is 15.7 Å². The lowest BCUT2D eigenvalue weighted by Crippen LogP contribution is -2.31. The van der Waals surface area contributed by atoms with E-state index in [0.29, 0.717) is 16.9 Å². The van der Waals surface area contributed by atoms with Gasteiger partial charge in [-0.05, 0) is 51.8 Å². The zero-order chi connectivity index (χ0) is 22.7. The van der Waals surface area contributed by atoms with Gasteiger partial charge in [0.25, 0.3) is 17.7 Å². The number of carbonyl (C=O) groups is 3. The Morgan fingerprint density at radius 1 is 0.906 bits per heavy atom. The molecule has 0 unspecified atom stereocenters. The maximum atomic E-state index is 12.8. The topological polar surface area (TPSA) is 78.5 Å². The van der Waals surface area contributed by atoms with Crippen LogP contribution >= 0.6 is 27.5 Å². The average molecular weight is 511 g/mol. The van der Waals surface area contributed by atoms with Crippen LogP contribution in [-0.2, 0) is 16.1 Å². The first-order valence-corrected chi connectivity index (χ1v) is 10.8. The van der Waals surface area contributed by atoms with E-state index in [9.17, 15) is 14.4 Å². The minimum Gasteiger partial charge on any atom is -0.350 e. The minimum atomic E-state index is -0.564. The van der Waals surface area contributed by atoms with Crippen molar-refractivity contribution >= 4 is 56.6 Å². The molecule has 2 N–H and O–H groups in total. The number of anilines is 2. The Morgan fingerprint density at radius 3 is 2.38 bits per heavy atom. The quantitative estimate of drug-likeness (QED) is 0.451. The van der Waals surface area contributed by atoms with Gasteiger partial charge in [-0.1, -0.05) is 60.1 Å². The van der Waals surface area contributed by atoms with Crippen LogP contribution in [0.5, 0.6) is 0 Å². The van der Waals surface area contributed by atoms with E-state index in [1.54, 1.807) is 30.3 Å². The molecule has 0 aromatic heterocycles. The molecule has 32 heavy (non-hydrogen) atoms. The van der Waals surface area contributed by atoms with E-state index < -0.39 is 11.8 Å². The molecule has 6 nitrogen and oxygen atoms in total. The predicted molar refractivity (Wildman–Crippen MR) is 127 cm³/mol.